The maximum atomic E-state index is 13.7. The maximum Gasteiger partial charge on any atom is 0.407 e. The van der Waals surface area contributed by atoms with E-state index in [0.717, 1.165) is 21.9 Å². The van der Waals surface area contributed by atoms with Crippen LogP contribution < -0.4 is 16.4 Å². The quantitative estimate of drug-likeness (QED) is 0.295. The number of nitrogens with zero attached hydrogens (tertiary/aromatic N) is 2. The summed E-state index contributed by atoms with van der Waals surface area (Å²) in [7, 11) is 1.27. The summed E-state index contributed by atoms with van der Waals surface area (Å²) in [4.78, 5) is 45.4. The fourth-order valence-corrected chi connectivity index (χ4v) is 5.66. The Morgan fingerprint density at radius 3 is 2.38 bits per heavy atom. The van der Waals surface area contributed by atoms with Crippen LogP contribution >= 0.6 is 0 Å². The molecule has 3 amide bonds. The number of hydrogen-bond acceptors (Lipinski definition) is 6. The van der Waals surface area contributed by atoms with Gasteiger partial charge >= 0.3 is 6.09 Å². The normalized spacial score (nSPS) is 18.1. The predicted molar refractivity (Wildman–Crippen MR) is 165 cm³/mol. The van der Waals surface area contributed by atoms with Crippen molar-refractivity contribution in [3.63, 3.8) is 0 Å². The largest absolute Gasteiger partial charge is 0.453 e. The molecule has 0 spiro atoms. The number of carbonyl (C=O) groups is 3. The maximum absolute atomic E-state index is 13.7. The Hall–Kier alpha value is -4.40. The lowest BCUT2D eigenvalue weighted by Gasteiger charge is -2.28. The lowest BCUT2D eigenvalue weighted by Crippen LogP contribution is -2.50. The first-order valence-electron chi connectivity index (χ1n) is 14.5. The molecule has 0 fully saturated rings. The molecule has 9 heteroatoms. The van der Waals surface area contributed by atoms with E-state index in [-0.39, 0.29) is 29.7 Å². The van der Waals surface area contributed by atoms with Crippen molar-refractivity contribution < 1.29 is 19.1 Å². The SMILES string of the molecule is COC(=O)NC(Cc1cccc2ccccc12)C(=O)NC(C)CCCN1C(=O)C(CC(C)C)(c2ccccc2)N=C1N. The zero-order chi connectivity index (χ0) is 30.3. The molecule has 0 bridgehead atoms. The number of aliphatic imine (C=N–C) groups is 1. The standard InChI is InChI=1S/C33H41N5O4/c1-22(2)21-33(26-16-6-5-7-17-26)30(40)38(31(34)37-33)19-11-12-23(3)35-29(39)28(36-32(41)42-4)20-25-15-10-14-24-13-8-9-18-27(24)25/h5-10,13-18,22-23,28H,11-12,19-21H2,1-4H3,(H2,34,37)(H,35,39)(H,36,41). The molecule has 1 aliphatic rings. The highest BCUT2D eigenvalue weighted by Gasteiger charge is 2.49. The van der Waals surface area contributed by atoms with E-state index >= 15 is 0 Å². The van der Waals surface area contributed by atoms with Gasteiger partial charge < -0.3 is 21.1 Å². The third-order valence-electron chi connectivity index (χ3n) is 7.64. The highest BCUT2D eigenvalue weighted by molar-refractivity contribution is 6.07. The van der Waals surface area contributed by atoms with Crippen molar-refractivity contribution in [3.8, 4) is 0 Å². The number of hydrogen-bond donors (Lipinski definition) is 3. The average molecular weight is 572 g/mol. The molecule has 42 heavy (non-hydrogen) atoms. The van der Waals surface area contributed by atoms with Crippen LogP contribution in [0.4, 0.5) is 4.79 Å². The Morgan fingerprint density at radius 2 is 1.67 bits per heavy atom. The number of rotatable bonds is 12. The summed E-state index contributed by atoms with van der Waals surface area (Å²) in [5.74, 6) is 0.0353. The van der Waals surface area contributed by atoms with E-state index in [9.17, 15) is 14.4 Å². The number of amides is 3. The van der Waals surface area contributed by atoms with E-state index < -0.39 is 17.7 Å². The van der Waals surface area contributed by atoms with E-state index in [1.807, 2.05) is 79.7 Å². The molecule has 1 aliphatic heterocycles. The number of nitrogens with one attached hydrogen (secondary N) is 2. The fourth-order valence-electron chi connectivity index (χ4n) is 5.66. The van der Waals surface area contributed by atoms with Gasteiger partial charge in [-0.2, -0.15) is 0 Å². The molecule has 0 saturated carbocycles. The van der Waals surface area contributed by atoms with Crippen molar-refractivity contribution in [2.75, 3.05) is 13.7 Å². The minimum absolute atomic E-state index is 0.117. The summed E-state index contributed by atoms with van der Waals surface area (Å²) in [5.41, 5.74) is 7.07. The van der Waals surface area contributed by atoms with Crippen LogP contribution in [0.15, 0.2) is 77.8 Å². The van der Waals surface area contributed by atoms with Crippen molar-refractivity contribution in [2.45, 2.75) is 64.1 Å². The Balaban J connectivity index is 1.38. The Labute approximate surface area is 247 Å². The highest BCUT2D eigenvalue weighted by Crippen LogP contribution is 2.38. The molecule has 0 saturated heterocycles. The Bertz CT molecular complexity index is 1440. The molecule has 9 nitrogen and oxygen atoms in total. The number of carbonyl (C=O) groups excluding carboxylic acids is 3. The van der Waals surface area contributed by atoms with Crippen LogP contribution in [-0.2, 0) is 26.3 Å². The van der Waals surface area contributed by atoms with Crippen LogP contribution in [0.2, 0.25) is 0 Å². The summed E-state index contributed by atoms with van der Waals surface area (Å²) >= 11 is 0. The first-order valence-corrected chi connectivity index (χ1v) is 14.5. The number of nitrogens with two attached hydrogens (primary N) is 1. The van der Waals surface area contributed by atoms with Gasteiger partial charge in [0, 0.05) is 19.0 Å². The molecule has 3 aromatic carbocycles. The average Bonchev–Trinajstić information content (AvgIpc) is 3.21. The van der Waals surface area contributed by atoms with Gasteiger partial charge in [-0.15, -0.1) is 0 Å². The molecule has 3 aromatic rings. The first-order chi connectivity index (χ1) is 20.1. The van der Waals surface area contributed by atoms with Crippen LogP contribution in [0.1, 0.15) is 51.2 Å². The molecule has 0 aliphatic carbocycles. The predicted octanol–water partition coefficient (Wildman–Crippen LogP) is 4.49. The van der Waals surface area contributed by atoms with Crippen molar-refractivity contribution in [1.29, 1.82) is 0 Å². The minimum Gasteiger partial charge on any atom is -0.453 e. The van der Waals surface area contributed by atoms with Gasteiger partial charge in [0.05, 0.1) is 7.11 Å². The number of ether oxygens (including phenoxy) is 1. The van der Waals surface area contributed by atoms with Crippen molar-refractivity contribution in [2.24, 2.45) is 16.6 Å². The topological polar surface area (TPSA) is 126 Å². The summed E-state index contributed by atoms with van der Waals surface area (Å²) in [6.07, 6.45) is 1.40. The summed E-state index contributed by atoms with van der Waals surface area (Å²) < 4.78 is 4.79. The lowest BCUT2D eigenvalue weighted by atomic mass is 9.82. The second kappa shape index (κ2) is 13.5. The number of fused-ring (bicyclic) bond motifs is 1. The lowest BCUT2D eigenvalue weighted by molar-refractivity contribution is -0.132. The van der Waals surface area contributed by atoms with Crippen LogP contribution in [0, 0.1) is 5.92 Å². The van der Waals surface area contributed by atoms with Gasteiger partial charge in [-0.1, -0.05) is 86.6 Å². The van der Waals surface area contributed by atoms with Crippen molar-refractivity contribution in [3.05, 3.63) is 83.9 Å². The van der Waals surface area contributed by atoms with Gasteiger partial charge in [-0.05, 0) is 54.0 Å². The van der Waals surface area contributed by atoms with Gasteiger partial charge in [0.1, 0.15) is 6.04 Å². The molecule has 222 valence electrons. The summed E-state index contributed by atoms with van der Waals surface area (Å²) in [6.45, 7) is 6.43. The number of benzene rings is 3. The number of guanidine groups is 1. The van der Waals surface area contributed by atoms with E-state index in [1.165, 1.54) is 7.11 Å². The number of alkyl carbamates (subject to hydrolysis) is 1. The van der Waals surface area contributed by atoms with E-state index in [2.05, 4.69) is 24.5 Å². The molecular formula is C33H41N5O4. The molecule has 0 aromatic heterocycles. The van der Waals surface area contributed by atoms with E-state index in [0.29, 0.717) is 32.2 Å². The van der Waals surface area contributed by atoms with Crippen LogP contribution in [0.5, 0.6) is 0 Å². The third kappa shape index (κ3) is 6.90. The molecule has 3 atom stereocenters. The monoisotopic (exact) mass is 571 g/mol. The zero-order valence-corrected chi connectivity index (χ0v) is 24.8. The highest BCUT2D eigenvalue weighted by atomic mass is 16.5. The van der Waals surface area contributed by atoms with Gasteiger partial charge in [0.25, 0.3) is 5.91 Å². The number of methoxy groups -OCH3 is 1. The molecule has 3 unspecified atom stereocenters. The van der Waals surface area contributed by atoms with E-state index in [1.54, 1.807) is 4.90 Å². The summed E-state index contributed by atoms with van der Waals surface area (Å²) in [6, 6.07) is 22.4. The van der Waals surface area contributed by atoms with Gasteiger partial charge in [0.15, 0.2) is 11.5 Å². The smallest absolute Gasteiger partial charge is 0.407 e. The Morgan fingerprint density at radius 1 is 0.976 bits per heavy atom. The van der Waals surface area contributed by atoms with Crippen LogP contribution in [0.3, 0.4) is 0 Å². The molecule has 1 heterocycles. The molecule has 4 N–H and O–H groups in total. The molecular weight excluding hydrogens is 530 g/mol. The van der Waals surface area contributed by atoms with Gasteiger partial charge in [-0.3, -0.25) is 14.5 Å². The van der Waals surface area contributed by atoms with E-state index in [4.69, 9.17) is 15.5 Å². The third-order valence-corrected chi connectivity index (χ3v) is 7.64. The zero-order valence-electron chi connectivity index (χ0n) is 24.8. The second-order valence-electron chi connectivity index (χ2n) is 11.3. The molecule has 0 radical (unpaired) electrons. The fraction of sp³-hybridized carbons (Fsp3) is 0.394. The van der Waals surface area contributed by atoms with Crippen LogP contribution in [-0.4, -0.2) is 54.5 Å². The summed E-state index contributed by atoms with van der Waals surface area (Å²) in [5, 5.41) is 7.78. The minimum atomic E-state index is -1.02. The van der Waals surface area contributed by atoms with Crippen molar-refractivity contribution in [1.82, 2.24) is 15.5 Å². The second-order valence-corrected chi connectivity index (χ2v) is 11.3. The Kier molecular flexibility index (Phi) is 9.83. The van der Waals surface area contributed by atoms with Crippen LogP contribution in [0.25, 0.3) is 10.8 Å². The van der Waals surface area contributed by atoms with Crippen molar-refractivity contribution >= 4 is 34.6 Å². The molecule has 4 rings (SSSR count). The van der Waals surface area contributed by atoms with Gasteiger partial charge in [0.2, 0.25) is 5.91 Å². The van der Waals surface area contributed by atoms with Gasteiger partial charge in [-0.25, -0.2) is 9.79 Å². The first kappa shape index (κ1) is 30.6.